The molecule has 0 spiro atoms. The van der Waals surface area contributed by atoms with Gasteiger partial charge < -0.3 is 9.57 Å². The number of hydrogen-bond donors (Lipinski definition) is 0. The second-order valence-corrected chi connectivity index (χ2v) is 10.1. The average Bonchev–Trinajstić information content (AvgIpc) is 3.72. The number of oxime groups is 1. The lowest BCUT2D eigenvalue weighted by Crippen LogP contribution is -2.16. The van der Waals surface area contributed by atoms with Crippen LogP contribution in [-0.2, 0) is 11.4 Å². The van der Waals surface area contributed by atoms with Gasteiger partial charge in [-0.2, -0.15) is 5.10 Å². The van der Waals surface area contributed by atoms with E-state index in [9.17, 15) is 0 Å². The van der Waals surface area contributed by atoms with E-state index < -0.39 is 0 Å². The molecule has 10 heteroatoms. The zero-order valence-electron chi connectivity index (χ0n) is 21.2. The van der Waals surface area contributed by atoms with Crippen LogP contribution in [0.5, 0.6) is 11.8 Å². The molecular weight excluding hydrogens is 510 g/mol. The predicted molar refractivity (Wildman–Crippen MR) is 148 cm³/mol. The molecule has 0 aliphatic carbocycles. The number of aryl methyl sites for hydroxylation is 1. The van der Waals surface area contributed by atoms with Gasteiger partial charge in [0, 0.05) is 0 Å². The molecule has 0 bridgehead atoms. The zero-order chi connectivity index (χ0) is 26.3. The Morgan fingerprint density at radius 3 is 2.56 bits per heavy atom. The van der Waals surface area contributed by atoms with Gasteiger partial charge in [0.1, 0.15) is 6.33 Å². The van der Waals surface area contributed by atoms with Crippen molar-refractivity contribution in [1.29, 1.82) is 0 Å². The molecule has 4 aromatic heterocycles. The molecular formula is C29H23N7O2S. The highest BCUT2D eigenvalue weighted by Crippen LogP contribution is 2.49. The van der Waals surface area contributed by atoms with Gasteiger partial charge in [-0.05, 0) is 43.0 Å². The van der Waals surface area contributed by atoms with E-state index in [2.05, 4.69) is 27.4 Å². The number of fused-ring (bicyclic) bond motifs is 4. The van der Waals surface area contributed by atoms with E-state index in [4.69, 9.17) is 19.7 Å². The summed E-state index contributed by atoms with van der Waals surface area (Å²) in [5.41, 5.74) is 6.15. The Labute approximate surface area is 228 Å². The van der Waals surface area contributed by atoms with Crippen LogP contribution in [-0.4, -0.2) is 35.1 Å². The van der Waals surface area contributed by atoms with Crippen LogP contribution in [0.25, 0.3) is 11.3 Å². The van der Waals surface area contributed by atoms with Crippen LogP contribution < -0.4 is 4.74 Å². The van der Waals surface area contributed by atoms with Crippen LogP contribution in [0.1, 0.15) is 45.9 Å². The van der Waals surface area contributed by atoms with Crippen LogP contribution >= 0.6 is 11.3 Å². The van der Waals surface area contributed by atoms with E-state index in [0.717, 1.165) is 38.7 Å². The van der Waals surface area contributed by atoms with Gasteiger partial charge in [-0.25, -0.2) is 19.2 Å². The second-order valence-electron chi connectivity index (χ2n) is 9.18. The van der Waals surface area contributed by atoms with Crippen LogP contribution in [0, 0.1) is 6.92 Å². The molecule has 1 aliphatic rings. The molecule has 0 N–H and O–H groups in total. The second kappa shape index (κ2) is 9.48. The molecule has 39 heavy (non-hydrogen) atoms. The van der Waals surface area contributed by atoms with Crippen molar-refractivity contribution in [2.75, 3.05) is 0 Å². The van der Waals surface area contributed by atoms with Gasteiger partial charge in [-0.1, -0.05) is 59.8 Å². The molecule has 2 aromatic carbocycles. The van der Waals surface area contributed by atoms with Crippen molar-refractivity contribution in [2.45, 2.75) is 26.4 Å². The minimum atomic E-state index is -0.198. The minimum Gasteiger partial charge on any atom is -0.420 e. The number of benzene rings is 2. The molecule has 7 rings (SSSR count). The van der Waals surface area contributed by atoms with Crippen LogP contribution in [0.4, 0.5) is 0 Å². The topological polar surface area (TPSA) is 91.7 Å². The Morgan fingerprint density at radius 1 is 1.00 bits per heavy atom. The minimum absolute atomic E-state index is 0.131. The summed E-state index contributed by atoms with van der Waals surface area (Å²) < 4.78 is 9.98. The summed E-state index contributed by atoms with van der Waals surface area (Å²) in [7, 11) is 0. The molecule has 0 fully saturated rings. The first-order chi connectivity index (χ1) is 19.2. The molecule has 0 radical (unpaired) electrons. The Balaban J connectivity index is 1.32. The van der Waals surface area contributed by atoms with Crippen molar-refractivity contribution < 1.29 is 9.57 Å². The van der Waals surface area contributed by atoms with Gasteiger partial charge in [0.25, 0.3) is 0 Å². The van der Waals surface area contributed by atoms with Crippen molar-refractivity contribution in [3.8, 4) is 17.4 Å². The standard InChI is InChI=1S/C29H23N7O2S/c1-18(22-14-9-15-39-22)34-37-16-23-31-27-26-25(20-10-5-3-6-11-20)24-19(2)32-36(21-12-7-4-8-13-21)29(24)38-28(26)30-17-35(27)33-23/h3-15,17,25H,16H2,1-2H3/b34-18-/t25-/m0/s1. The van der Waals surface area contributed by atoms with Crippen LogP contribution in [0.3, 0.4) is 0 Å². The van der Waals surface area contributed by atoms with Gasteiger partial charge in [0.05, 0.1) is 39.0 Å². The van der Waals surface area contributed by atoms with E-state index >= 15 is 0 Å². The molecule has 1 aliphatic heterocycles. The zero-order valence-corrected chi connectivity index (χ0v) is 22.0. The van der Waals surface area contributed by atoms with Crippen LogP contribution in [0.15, 0.2) is 89.7 Å². The quantitative estimate of drug-likeness (QED) is 0.195. The van der Waals surface area contributed by atoms with Crippen molar-refractivity contribution in [3.63, 3.8) is 0 Å². The van der Waals surface area contributed by atoms with E-state index in [-0.39, 0.29) is 12.5 Å². The average molecular weight is 534 g/mol. The van der Waals surface area contributed by atoms with Gasteiger partial charge in [-0.3, -0.25) is 0 Å². The maximum absolute atomic E-state index is 6.46. The third kappa shape index (κ3) is 4.05. The lowest BCUT2D eigenvalue weighted by molar-refractivity contribution is 0.125. The first kappa shape index (κ1) is 23.3. The summed E-state index contributed by atoms with van der Waals surface area (Å²) in [6.45, 7) is 4.06. The fourth-order valence-electron chi connectivity index (χ4n) is 4.92. The fourth-order valence-corrected chi connectivity index (χ4v) is 5.59. The largest absolute Gasteiger partial charge is 0.420 e. The number of ether oxygens (including phenoxy) is 1. The summed E-state index contributed by atoms with van der Waals surface area (Å²) in [4.78, 5) is 16.2. The summed E-state index contributed by atoms with van der Waals surface area (Å²) in [6, 6.07) is 24.2. The molecule has 6 aromatic rings. The maximum atomic E-state index is 6.46. The third-order valence-corrected chi connectivity index (χ3v) is 7.65. The first-order valence-corrected chi connectivity index (χ1v) is 13.4. The summed E-state index contributed by atoms with van der Waals surface area (Å²) in [6.07, 6.45) is 1.62. The van der Waals surface area contributed by atoms with Crippen LogP contribution in [0.2, 0.25) is 0 Å². The number of rotatable bonds is 6. The van der Waals surface area contributed by atoms with Gasteiger partial charge >= 0.3 is 0 Å². The number of aromatic nitrogens is 6. The van der Waals surface area contributed by atoms with Gasteiger partial charge in [0.15, 0.2) is 18.1 Å². The molecule has 0 amide bonds. The number of thiophene rings is 1. The molecule has 192 valence electrons. The highest BCUT2D eigenvalue weighted by molar-refractivity contribution is 7.12. The van der Waals surface area contributed by atoms with Gasteiger partial charge in [0.2, 0.25) is 11.8 Å². The lowest BCUT2D eigenvalue weighted by atomic mass is 9.84. The molecule has 1 atom stereocenters. The summed E-state index contributed by atoms with van der Waals surface area (Å²) in [5.74, 6) is 1.43. The Hall–Kier alpha value is -4.83. The van der Waals surface area contributed by atoms with Crippen molar-refractivity contribution in [2.24, 2.45) is 5.16 Å². The molecule has 0 unspecified atom stereocenters. The first-order valence-electron chi connectivity index (χ1n) is 12.5. The highest BCUT2D eigenvalue weighted by atomic mass is 32.1. The van der Waals surface area contributed by atoms with E-state index in [1.807, 2.05) is 84.6 Å². The number of para-hydroxylation sites is 1. The number of hydrogen-bond acceptors (Lipinski definition) is 8. The molecule has 9 nitrogen and oxygen atoms in total. The Bertz CT molecular complexity index is 1810. The van der Waals surface area contributed by atoms with Gasteiger partial charge in [-0.15, -0.1) is 16.4 Å². The Kier molecular flexibility index (Phi) is 5.66. The van der Waals surface area contributed by atoms with Crippen molar-refractivity contribution in [1.82, 2.24) is 29.4 Å². The Morgan fingerprint density at radius 2 is 1.79 bits per heavy atom. The number of nitrogens with zero attached hydrogens (tertiary/aromatic N) is 7. The summed E-state index contributed by atoms with van der Waals surface area (Å²) in [5, 5.41) is 15.7. The molecule has 5 heterocycles. The monoisotopic (exact) mass is 533 g/mol. The third-order valence-electron chi connectivity index (χ3n) is 6.67. The van der Waals surface area contributed by atoms with Crippen molar-refractivity contribution in [3.05, 3.63) is 118 Å². The predicted octanol–water partition coefficient (Wildman–Crippen LogP) is 5.91. The molecule has 0 saturated carbocycles. The van der Waals surface area contributed by atoms with E-state index in [1.54, 1.807) is 22.2 Å². The smallest absolute Gasteiger partial charge is 0.230 e. The fraction of sp³-hybridized carbons (Fsp3) is 0.138. The normalized spacial score (nSPS) is 14.6. The SMILES string of the molecule is C/C(=N/OCc1nc2c3c(ncn2n1)Oc1c(c(C)nn1-c1ccccc1)[C@@H]3c1ccccc1)c1cccs1. The summed E-state index contributed by atoms with van der Waals surface area (Å²) >= 11 is 1.62. The van der Waals surface area contributed by atoms with Crippen molar-refractivity contribution >= 4 is 22.7 Å². The lowest BCUT2D eigenvalue weighted by Gasteiger charge is -2.26. The maximum Gasteiger partial charge on any atom is 0.230 e. The highest BCUT2D eigenvalue weighted by Gasteiger charge is 2.38. The van der Waals surface area contributed by atoms with E-state index in [0.29, 0.717) is 23.2 Å². The molecule has 0 saturated heterocycles. The van der Waals surface area contributed by atoms with E-state index in [1.165, 1.54) is 0 Å².